The lowest BCUT2D eigenvalue weighted by molar-refractivity contribution is 2.50. The van der Waals surface area contributed by atoms with Gasteiger partial charge in [0.15, 0.2) is 0 Å². The second kappa shape index (κ2) is 68.1. The molecule has 7 heavy (non-hydrogen) atoms. The van der Waals surface area contributed by atoms with Crippen LogP contribution >= 0.6 is 17.2 Å². The molecule has 0 saturated heterocycles. The largest absolute Gasteiger partial charge is 0.115 e. The van der Waals surface area contributed by atoms with E-state index in [-0.39, 0.29) is 29.7 Å². The predicted molar refractivity (Wildman–Crippen MR) is 50.9 cm³/mol. The smallest absolute Gasteiger partial charge is 0.0438 e. The third kappa shape index (κ3) is 219. The molecule has 0 heterocycles. The van der Waals surface area contributed by atoms with Gasteiger partial charge in [-0.15, -0.1) is 17.2 Å². The molecule has 0 nitrogen and oxygen atoms in total. The van der Waals surface area contributed by atoms with Gasteiger partial charge in [0, 0.05) is 0 Å². The Morgan fingerprint density at radius 3 is 1.00 bits per heavy atom. The van der Waals surface area contributed by atoms with E-state index in [0.29, 0.717) is 0 Å². The van der Waals surface area contributed by atoms with E-state index in [1.165, 1.54) is 0 Å². The molecule has 2 heteroatoms. The zero-order valence-corrected chi connectivity index (χ0v) is 4.23. The minimum Gasteiger partial charge on any atom is -0.115 e. The van der Waals surface area contributed by atoms with Crippen LogP contribution in [0.2, 0.25) is 0 Å². The van der Waals surface area contributed by atoms with E-state index >= 15 is 0 Å². The molecule has 0 radical (unpaired) electrons. The standard InChI is InChI=1S/CH6P2.4CH4/c1-3-2;;;;/h3H,2H2,1H3;4*1H4. The van der Waals surface area contributed by atoms with Gasteiger partial charge in [-0.2, -0.15) is 0 Å². The number of hydrogen-bond donors (Lipinski definition) is 0. The lowest BCUT2D eigenvalue weighted by Gasteiger charge is -1.51. The summed E-state index contributed by atoms with van der Waals surface area (Å²) in [6.07, 6.45) is 0. The van der Waals surface area contributed by atoms with Gasteiger partial charge in [0.2, 0.25) is 0 Å². The minimum atomic E-state index is 0. The average molecular weight is 144 g/mol. The van der Waals surface area contributed by atoms with Gasteiger partial charge in [-0.3, -0.25) is 0 Å². The SMILES string of the molecule is C.C.C.C.CPP. The summed E-state index contributed by atoms with van der Waals surface area (Å²) in [6, 6.07) is 0. The third-order valence-electron chi connectivity index (χ3n) is 0. The van der Waals surface area contributed by atoms with Crippen molar-refractivity contribution in [3.63, 3.8) is 0 Å². The first-order valence-corrected chi connectivity index (χ1v) is 4.10. The van der Waals surface area contributed by atoms with Gasteiger partial charge >= 0.3 is 0 Å². The van der Waals surface area contributed by atoms with Crippen molar-refractivity contribution < 1.29 is 0 Å². The highest BCUT2D eigenvalue weighted by Crippen LogP contribution is 2.10. The molecule has 0 aliphatic rings. The number of rotatable bonds is 0. The summed E-state index contributed by atoms with van der Waals surface area (Å²) >= 11 is 0. The molecule has 0 aliphatic carbocycles. The quantitative estimate of drug-likeness (QED) is 0.455. The highest BCUT2D eigenvalue weighted by molar-refractivity contribution is 8.02. The molecule has 2 unspecified atom stereocenters. The molecular weight excluding hydrogens is 122 g/mol. The minimum absolute atomic E-state index is 0. The van der Waals surface area contributed by atoms with Crippen molar-refractivity contribution in [3.8, 4) is 0 Å². The third-order valence-corrected chi connectivity index (χ3v) is 0. The average Bonchev–Trinajstić information content (AvgIpc) is 0.918. The van der Waals surface area contributed by atoms with E-state index in [1.807, 2.05) is 0 Å². The molecule has 0 aromatic heterocycles. The van der Waals surface area contributed by atoms with Crippen LogP contribution in [0.3, 0.4) is 0 Å². The fourth-order valence-corrected chi connectivity index (χ4v) is 0. The first-order valence-electron chi connectivity index (χ1n) is 0.789. The topological polar surface area (TPSA) is 0 Å². The van der Waals surface area contributed by atoms with Crippen molar-refractivity contribution in [2.45, 2.75) is 29.7 Å². The normalized spacial score (nSPS) is 4.29. The highest BCUT2D eigenvalue weighted by atomic mass is 32.0. The molecule has 0 bridgehead atoms. The maximum Gasteiger partial charge on any atom is -0.0438 e. The lowest BCUT2D eigenvalue weighted by Crippen LogP contribution is -0.976. The molecular formula is C5H22P2. The molecule has 0 aromatic carbocycles. The van der Waals surface area contributed by atoms with Crippen LogP contribution in [-0.2, 0) is 0 Å². The maximum atomic E-state index is 2.61. The van der Waals surface area contributed by atoms with E-state index in [0.717, 1.165) is 8.27 Å². The van der Waals surface area contributed by atoms with Gasteiger partial charge < -0.3 is 0 Å². The summed E-state index contributed by atoms with van der Waals surface area (Å²) in [7, 11) is 3.61. The van der Waals surface area contributed by atoms with Crippen LogP contribution in [0, 0.1) is 0 Å². The zero-order chi connectivity index (χ0) is 2.71. The van der Waals surface area contributed by atoms with Crippen LogP contribution in [0.4, 0.5) is 0 Å². The van der Waals surface area contributed by atoms with E-state index in [1.54, 1.807) is 0 Å². The monoisotopic (exact) mass is 144 g/mol. The number of hydrogen-bond acceptors (Lipinski definition) is 0. The van der Waals surface area contributed by atoms with Crippen molar-refractivity contribution in [1.29, 1.82) is 0 Å². The summed E-state index contributed by atoms with van der Waals surface area (Å²) in [4.78, 5) is 0. The van der Waals surface area contributed by atoms with Gasteiger partial charge in [0.1, 0.15) is 0 Å². The summed E-state index contributed by atoms with van der Waals surface area (Å²) in [6.45, 7) is 2.12. The van der Waals surface area contributed by atoms with Crippen molar-refractivity contribution in [1.82, 2.24) is 0 Å². The van der Waals surface area contributed by atoms with E-state index in [4.69, 9.17) is 0 Å². The predicted octanol–water partition coefficient (Wildman–Crippen LogP) is 3.63. The summed E-state index contributed by atoms with van der Waals surface area (Å²) in [5.74, 6) is 0. The van der Waals surface area contributed by atoms with Crippen molar-refractivity contribution in [3.05, 3.63) is 0 Å². The van der Waals surface area contributed by atoms with Crippen LogP contribution < -0.4 is 0 Å². The van der Waals surface area contributed by atoms with Crippen LogP contribution in [0.25, 0.3) is 0 Å². The van der Waals surface area contributed by atoms with E-state index in [9.17, 15) is 0 Å². The highest BCUT2D eigenvalue weighted by Gasteiger charge is 1.32. The zero-order valence-electron chi connectivity index (χ0n) is 2.08. The van der Waals surface area contributed by atoms with Crippen LogP contribution in [0.15, 0.2) is 0 Å². The van der Waals surface area contributed by atoms with Crippen molar-refractivity contribution in [2.24, 2.45) is 0 Å². The molecule has 0 fully saturated rings. The van der Waals surface area contributed by atoms with Crippen LogP contribution in [0.1, 0.15) is 29.7 Å². The molecule has 0 aliphatic heterocycles. The Kier molecular flexibility index (Phi) is 440. The Bertz CT molecular complexity index is 6.04. The molecule has 0 spiro atoms. The summed E-state index contributed by atoms with van der Waals surface area (Å²) < 4.78 is 0. The van der Waals surface area contributed by atoms with Gasteiger partial charge in [-0.25, -0.2) is 0 Å². The molecule has 0 N–H and O–H groups in total. The first-order chi connectivity index (χ1) is 1.41. The van der Waals surface area contributed by atoms with Gasteiger partial charge in [0.25, 0.3) is 0 Å². The lowest BCUT2D eigenvalue weighted by atomic mass is 12.0. The van der Waals surface area contributed by atoms with Crippen LogP contribution in [-0.4, -0.2) is 6.66 Å². The molecule has 2 atom stereocenters. The molecule has 52 valence electrons. The van der Waals surface area contributed by atoms with Crippen molar-refractivity contribution >= 4 is 17.2 Å². The summed E-state index contributed by atoms with van der Waals surface area (Å²) in [5.41, 5.74) is 0. The Morgan fingerprint density at radius 1 is 1.00 bits per heavy atom. The van der Waals surface area contributed by atoms with Crippen LogP contribution in [0.5, 0.6) is 0 Å². The molecule has 0 saturated carbocycles. The molecule has 0 rings (SSSR count). The van der Waals surface area contributed by atoms with Gasteiger partial charge in [-0.1, -0.05) is 29.7 Å². The second-order valence-corrected chi connectivity index (χ2v) is 2.60. The second-order valence-electron chi connectivity index (χ2n) is 0.289. The Balaban J connectivity index is -0.00000000333. The van der Waals surface area contributed by atoms with Crippen molar-refractivity contribution in [2.75, 3.05) is 6.66 Å². The maximum absolute atomic E-state index is 2.61. The first kappa shape index (κ1) is 45.2. The van der Waals surface area contributed by atoms with Gasteiger partial charge in [0.05, 0.1) is 0 Å². The molecule has 0 amide bonds. The molecule has 0 aromatic rings. The van der Waals surface area contributed by atoms with E-state index in [2.05, 4.69) is 15.6 Å². The Hall–Kier alpha value is 0.860. The Labute approximate surface area is 54.4 Å². The fourth-order valence-electron chi connectivity index (χ4n) is 0. The Morgan fingerprint density at radius 2 is 1.00 bits per heavy atom. The summed E-state index contributed by atoms with van der Waals surface area (Å²) in [5, 5.41) is 0. The van der Waals surface area contributed by atoms with Gasteiger partial charge in [-0.05, 0) is 6.66 Å². The fraction of sp³-hybridized carbons (Fsp3) is 1.00. The van der Waals surface area contributed by atoms with E-state index < -0.39 is 0 Å².